The third-order valence-corrected chi connectivity index (χ3v) is 2.63. The summed E-state index contributed by atoms with van der Waals surface area (Å²) in [4.78, 5) is 24.8. The van der Waals surface area contributed by atoms with Crippen LogP contribution in [-0.2, 0) is 9.59 Å². The number of Topliss-reactive ketones (excluding diaryl/α,β-unsaturated/α-hetero) is 1. The highest BCUT2D eigenvalue weighted by molar-refractivity contribution is 5.83. The molecule has 4 nitrogen and oxygen atoms in total. The molecule has 0 aromatic carbocycles. The number of likely N-dealkylation sites (tertiary alicyclic amines) is 1. The molecule has 0 aromatic heterocycles. The molecule has 1 amide bonds. The van der Waals surface area contributed by atoms with Crippen LogP contribution in [0.15, 0.2) is 0 Å². The van der Waals surface area contributed by atoms with Crippen molar-refractivity contribution in [3.8, 4) is 0 Å². The van der Waals surface area contributed by atoms with Crippen molar-refractivity contribution in [3.05, 3.63) is 0 Å². The maximum absolute atomic E-state index is 11.5. The lowest BCUT2D eigenvalue weighted by molar-refractivity contribution is -0.125. The molecule has 0 aliphatic carbocycles. The predicted octanol–water partition coefficient (Wildman–Crippen LogP) is 0.564. The summed E-state index contributed by atoms with van der Waals surface area (Å²) in [6.45, 7) is 6.68. The molecular formula is C11H20N2O2. The van der Waals surface area contributed by atoms with Crippen LogP contribution in [0.4, 0.5) is 0 Å². The third kappa shape index (κ3) is 3.63. The molecule has 1 rings (SSSR count). The van der Waals surface area contributed by atoms with E-state index < -0.39 is 0 Å². The number of carbonyl (C=O) groups excluding carboxylic acids is 2. The largest absolute Gasteiger partial charge is 0.353 e. The van der Waals surface area contributed by atoms with Crippen LogP contribution in [0.2, 0.25) is 0 Å². The van der Waals surface area contributed by atoms with Crippen molar-refractivity contribution in [3.63, 3.8) is 0 Å². The first-order valence-corrected chi connectivity index (χ1v) is 5.54. The molecule has 0 unspecified atom stereocenters. The number of rotatable bonds is 4. The van der Waals surface area contributed by atoms with E-state index in [-0.39, 0.29) is 23.8 Å². The van der Waals surface area contributed by atoms with Gasteiger partial charge in [-0.1, -0.05) is 0 Å². The van der Waals surface area contributed by atoms with Gasteiger partial charge in [0.2, 0.25) is 5.91 Å². The number of nitrogens with zero attached hydrogens (tertiary/aromatic N) is 1. The van der Waals surface area contributed by atoms with Gasteiger partial charge in [0.25, 0.3) is 0 Å². The fourth-order valence-electron chi connectivity index (χ4n) is 2.03. The molecule has 15 heavy (non-hydrogen) atoms. The first-order chi connectivity index (χ1) is 7.00. The fraction of sp³-hybridized carbons (Fsp3) is 0.818. The standard InChI is InChI=1S/C11H20N2O2/c1-8(2)12-11(15)7-13-6-4-5-10(13)9(3)14/h8,10H,4-7H2,1-3H3,(H,12,15)/t10-/m1/s1. The van der Waals surface area contributed by atoms with Crippen molar-refractivity contribution in [2.24, 2.45) is 0 Å². The minimum atomic E-state index is -0.0390. The van der Waals surface area contributed by atoms with Crippen molar-refractivity contribution < 1.29 is 9.59 Å². The highest BCUT2D eigenvalue weighted by Crippen LogP contribution is 2.17. The number of hydrogen-bond donors (Lipinski definition) is 1. The first-order valence-electron chi connectivity index (χ1n) is 5.54. The minimum Gasteiger partial charge on any atom is -0.353 e. The maximum atomic E-state index is 11.5. The zero-order valence-corrected chi connectivity index (χ0v) is 9.75. The van der Waals surface area contributed by atoms with Gasteiger partial charge in [0.15, 0.2) is 0 Å². The quantitative estimate of drug-likeness (QED) is 0.741. The van der Waals surface area contributed by atoms with E-state index in [0.29, 0.717) is 6.54 Å². The SMILES string of the molecule is CC(=O)[C@H]1CCCN1CC(=O)NC(C)C. The Morgan fingerprint density at radius 2 is 2.13 bits per heavy atom. The zero-order valence-electron chi connectivity index (χ0n) is 9.75. The third-order valence-electron chi connectivity index (χ3n) is 2.63. The van der Waals surface area contributed by atoms with Gasteiger partial charge in [0.1, 0.15) is 5.78 Å². The molecule has 1 N–H and O–H groups in total. The lowest BCUT2D eigenvalue weighted by Crippen LogP contribution is -2.44. The Kier molecular flexibility index (Phi) is 4.27. The van der Waals surface area contributed by atoms with E-state index in [4.69, 9.17) is 0 Å². The first kappa shape index (κ1) is 12.2. The molecule has 1 atom stereocenters. The topological polar surface area (TPSA) is 49.4 Å². The highest BCUT2D eigenvalue weighted by Gasteiger charge is 2.29. The molecule has 4 heteroatoms. The van der Waals surface area contributed by atoms with Gasteiger partial charge in [-0.05, 0) is 40.2 Å². The Bertz CT molecular complexity index is 251. The smallest absolute Gasteiger partial charge is 0.234 e. The molecule has 1 heterocycles. The van der Waals surface area contributed by atoms with Gasteiger partial charge in [-0.2, -0.15) is 0 Å². The van der Waals surface area contributed by atoms with Crippen molar-refractivity contribution in [2.45, 2.75) is 45.7 Å². The molecule has 1 aliphatic heterocycles. The van der Waals surface area contributed by atoms with Gasteiger partial charge in [-0.15, -0.1) is 0 Å². The van der Waals surface area contributed by atoms with Crippen LogP contribution in [0, 0.1) is 0 Å². The van der Waals surface area contributed by atoms with Gasteiger partial charge >= 0.3 is 0 Å². The summed E-state index contributed by atoms with van der Waals surface area (Å²) in [5, 5.41) is 2.84. The predicted molar refractivity (Wildman–Crippen MR) is 58.6 cm³/mol. The molecule has 1 fully saturated rings. The van der Waals surface area contributed by atoms with E-state index in [1.54, 1.807) is 6.92 Å². The monoisotopic (exact) mass is 212 g/mol. The summed E-state index contributed by atoms with van der Waals surface area (Å²) < 4.78 is 0. The van der Waals surface area contributed by atoms with Gasteiger partial charge < -0.3 is 5.32 Å². The highest BCUT2D eigenvalue weighted by atomic mass is 16.2. The van der Waals surface area contributed by atoms with Crippen LogP contribution in [-0.4, -0.2) is 41.8 Å². The molecule has 0 radical (unpaired) electrons. The second-order valence-electron chi connectivity index (χ2n) is 4.46. The lowest BCUT2D eigenvalue weighted by atomic mass is 10.1. The van der Waals surface area contributed by atoms with E-state index >= 15 is 0 Å². The average molecular weight is 212 g/mol. The summed E-state index contributed by atoms with van der Waals surface area (Å²) in [7, 11) is 0. The Hall–Kier alpha value is -0.900. The van der Waals surface area contributed by atoms with E-state index in [2.05, 4.69) is 5.32 Å². The van der Waals surface area contributed by atoms with Crippen molar-refractivity contribution >= 4 is 11.7 Å². The number of hydrogen-bond acceptors (Lipinski definition) is 3. The Balaban J connectivity index is 2.43. The number of nitrogens with one attached hydrogen (secondary N) is 1. The van der Waals surface area contributed by atoms with Gasteiger partial charge in [-0.3, -0.25) is 14.5 Å². The Morgan fingerprint density at radius 3 is 2.67 bits per heavy atom. The van der Waals surface area contributed by atoms with Gasteiger partial charge in [0, 0.05) is 6.04 Å². The molecule has 86 valence electrons. The molecule has 0 saturated carbocycles. The van der Waals surface area contributed by atoms with E-state index in [1.807, 2.05) is 18.7 Å². The second-order valence-corrected chi connectivity index (χ2v) is 4.46. The number of amides is 1. The molecule has 0 bridgehead atoms. The molecule has 1 aliphatic rings. The minimum absolute atomic E-state index is 0.0122. The van der Waals surface area contributed by atoms with Crippen LogP contribution in [0.5, 0.6) is 0 Å². The molecular weight excluding hydrogens is 192 g/mol. The maximum Gasteiger partial charge on any atom is 0.234 e. The van der Waals surface area contributed by atoms with Crippen molar-refractivity contribution in [1.82, 2.24) is 10.2 Å². The summed E-state index contributed by atoms with van der Waals surface area (Å²) >= 11 is 0. The van der Waals surface area contributed by atoms with Crippen molar-refractivity contribution in [2.75, 3.05) is 13.1 Å². The van der Waals surface area contributed by atoms with Gasteiger partial charge in [0.05, 0.1) is 12.6 Å². The van der Waals surface area contributed by atoms with Gasteiger partial charge in [-0.25, -0.2) is 0 Å². The van der Waals surface area contributed by atoms with Crippen LogP contribution in [0.25, 0.3) is 0 Å². The van der Waals surface area contributed by atoms with Crippen LogP contribution in [0.3, 0.4) is 0 Å². The zero-order chi connectivity index (χ0) is 11.4. The van der Waals surface area contributed by atoms with E-state index in [0.717, 1.165) is 19.4 Å². The van der Waals surface area contributed by atoms with Crippen molar-refractivity contribution in [1.29, 1.82) is 0 Å². The summed E-state index contributed by atoms with van der Waals surface area (Å²) in [5.74, 6) is 0.183. The number of carbonyl (C=O) groups is 2. The fourth-order valence-corrected chi connectivity index (χ4v) is 2.03. The normalized spacial score (nSPS) is 22.0. The van der Waals surface area contributed by atoms with E-state index in [9.17, 15) is 9.59 Å². The second kappa shape index (κ2) is 5.26. The summed E-state index contributed by atoms with van der Waals surface area (Å²) in [6, 6.07) is 0.124. The molecule has 0 spiro atoms. The van der Waals surface area contributed by atoms with E-state index in [1.165, 1.54) is 0 Å². The van der Waals surface area contributed by atoms with Crippen LogP contribution < -0.4 is 5.32 Å². The molecule has 0 aromatic rings. The average Bonchev–Trinajstić information content (AvgIpc) is 2.50. The number of ketones is 1. The van der Waals surface area contributed by atoms with Crippen LogP contribution in [0.1, 0.15) is 33.6 Å². The summed E-state index contributed by atoms with van der Waals surface area (Å²) in [5.41, 5.74) is 0. The molecule has 1 saturated heterocycles. The Labute approximate surface area is 91.0 Å². The van der Waals surface area contributed by atoms with Crippen LogP contribution >= 0.6 is 0 Å². The summed E-state index contributed by atoms with van der Waals surface area (Å²) in [6.07, 6.45) is 1.91. The Morgan fingerprint density at radius 1 is 1.47 bits per heavy atom. The lowest BCUT2D eigenvalue weighted by Gasteiger charge is -2.22.